The van der Waals surface area contributed by atoms with Crippen LogP contribution in [0.1, 0.15) is 15.4 Å². The first-order valence-electron chi connectivity index (χ1n) is 5.12. The first-order valence-corrected chi connectivity index (χ1v) is 6.35. The van der Waals surface area contributed by atoms with E-state index in [0.29, 0.717) is 10.7 Å². The number of benzene rings is 1. The summed E-state index contributed by atoms with van der Waals surface area (Å²) >= 11 is 6.38. The third-order valence-corrected chi connectivity index (χ3v) is 2.97. The van der Waals surface area contributed by atoms with E-state index < -0.39 is 0 Å². The average Bonchev–Trinajstić information content (AvgIpc) is 2.75. The molecule has 2 N–H and O–H groups in total. The Morgan fingerprint density at radius 1 is 1.28 bits per heavy atom. The molecule has 0 aliphatic carbocycles. The van der Waals surface area contributed by atoms with E-state index in [2.05, 4.69) is 20.8 Å². The van der Waals surface area contributed by atoms with Gasteiger partial charge in [0.15, 0.2) is 5.11 Å². The standard InChI is InChI=1S/C11H10N4OS2/c1-7-14-15-11(18-7)13-10(17)12-9(16)8-5-3-2-4-6-8/h2-6H,1H3,(H2,12,13,15,16,17). The first-order chi connectivity index (χ1) is 8.65. The molecule has 1 aromatic heterocycles. The van der Waals surface area contributed by atoms with Crippen molar-refractivity contribution in [2.45, 2.75) is 6.92 Å². The number of anilines is 1. The topological polar surface area (TPSA) is 66.9 Å². The van der Waals surface area contributed by atoms with Crippen LogP contribution in [0, 0.1) is 6.92 Å². The highest BCUT2D eigenvalue weighted by molar-refractivity contribution is 7.80. The van der Waals surface area contributed by atoms with Crippen molar-refractivity contribution >= 4 is 39.7 Å². The predicted octanol–water partition coefficient (Wildman–Crippen LogP) is 1.97. The molecule has 1 heterocycles. The van der Waals surface area contributed by atoms with Gasteiger partial charge in [0, 0.05) is 5.56 Å². The molecule has 1 amide bonds. The van der Waals surface area contributed by atoms with E-state index >= 15 is 0 Å². The van der Waals surface area contributed by atoms with Gasteiger partial charge in [-0.1, -0.05) is 29.5 Å². The largest absolute Gasteiger partial charge is 0.307 e. The van der Waals surface area contributed by atoms with Crippen molar-refractivity contribution in [2.75, 3.05) is 5.32 Å². The van der Waals surface area contributed by atoms with E-state index in [1.54, 1.807) is 24.3 Å². The molecule has 92 valence electrons. The van der Waals surface area contributed by atoms with Crippen LogP contribution in [0.25, 0.3) is 0 Å². The summed E-state index contributed by atoms with van der Waals surface area (Å²) in [6.45, 7) is 1.84. The lowest BCUT2D eigenvalue weighted by Gasteiger charge is -2.06. The summed E-state index contributed by atoms with van der Waals surface area (Å²) in [5.41, 5.74) is 0.551. The molecular formula is C11H10N4OS2. The van der Waals surface area contributed by atoms with Gasteiger partial charge in [0.2, 0.25) is 5.13 Å². The van der Waals surface area contributed by atoms with Crippen molar-refractivity contribution in [1.82, 2.24) is 15.5 Å². The molecule has 1 aromatic carbocycles. The van der Waals surface area contributed by atoms with Gasteiger partial charge in [-0.25, -0.2) is 0 Å². The fraction of sp³-hybridized carbons (Fsp3) is 0.0909. The molecule has 0 saturated carbocycles. The van der Waals surface area contributed by atoms with Crippen molar-refractivity contribution in [2.24, 2.45) is 0 Å². The van der Waals surface area contributed by atoms with E-state index in [-0.39, 0.29) is 11.0 Å². The zero-order valence-corrected chi connectivity index (χ0v) is 11.1. The first kappa shape index (κ1) is 12.6. The molecule has 0 spiro atoms. The van der Waals surface area contributed by atoms with Crippen LogP contribution in [0.3, 0.4) is 0 Å². The van der Waals surface area contributed by atoms with E-state index in [1.165, 1.54) is 11.3 Å². The average molecular weight is 278 g/mol. The number of aryl methyl sites for hydroxylation is 1. The Labute approximate surface area is 113 Å². The lowest BCUT2D eigenvalue weighted by Crippen LogP contribution is -2.34. The zero-order valence-electron chi connectivity index (χ0n) is 9.51. The summed E-state index contributed by atoms with van der Waals surface area (Å²) in [5, 5.41) is 14.7. The molecule has 2 aromatic rings. The molecule has 0 unspecified atom stereocenters. The highest BCUT2D eigenvalue weighted by Crippen LogP contribution is 2.13. The summed E-state index contributed by atoms with van der Waals surface area (Å²) < 4.78 is 0. The molecule has 0 aliphatic heterocycles. The molecule has 18 heavy (non-hydrogen) atoms. The molecule has 0 bridgehead atoms. The van der Waals surface area contributed by atoms with Gasteiger partial charge in [-0.05, 0) is 31.3 Å². The van der Waals surface area contributed by atoms with Gasteiger partial charge in [-0.2, -0.15) is 0 Å². The Balaban J connectivity index is 1.94. The molecule has 7 heteroatoms. The molecular weight excluding hydrogens is 268 g/mol. The number of aromatic nitrogens is 2. The van der Waals surface area contributed by atoms with Crippen LogP contribution in [0.4, 0.5) is 5.13 Å². The summed E-state index contributed by atoms with van der Waals surface area (Å²) in [7, 11) is 0. The zero-order chi connectivity index (χ0) is 13.0. The maximum Gasteiger partial charge on any atom is 0.257 e. The quantitative estimate of drug-likeness (QED) is 0.822. The second kappa shape index (κ2) is 5.65. The number of carbonyl (C=O) groups is 1. The van der Waals surface area contributed by atoms with Crippen LogP contribution in [-0.2, 0) is 0 Å². The van der Waals surface area contributed by atoms with E-state index in [4.69, 9.17) is 12.2 Å². The van der Waals surface area contributed by atoms with Gasteiger partial charge < -0.3 is 5.32 Å². The molecule has 0 saturated heterocycles. The molecule has 0 aliphatic rings. The summed E-state index contributed by atoms with van der Waals surface area (Å²) in [6, 6.07) is 8.86. The van der Waals surface area contributed by atoms with Gasteiger partial charge in [-0.15, -0.1) is 10.2 Å². The van der Waals surface area contributed by atoms with Crippen molar-refractivity contribution in [3.05, 3.63) is 40.9 Å². The molecule has 0 atom stereocenters. The van der Waals surface area contributed by atoms with Crippen LogP contribution in [-0.4, -0.2) is 21.2 Å². The van der Waals surface area contributed by atoms with E-state index in [9.17, 15) is 4.79 Å². The minimum atomic E-state index is -0.255. The van der Waals surface area contributed by atoms with Gasteiger partial charge in [0.05, 0.1) is 0 Å². The van der Waals surface area contributed by atoms with Gasteiger partial charge in [0.1, 0.15) is 5.01 Å². The number of hydrogen-bond donors (Lipinski definition) is 2. The maximum absolute atomic E-state index is 11.8. The molecule has 5 nitrogen and oxygen atoms in total. The van der Waals surface area contributed by atoms with Crippen molar-refractivity contribution in [3.63, 3.8) is 0 Å². The van der Waals surface area contributed by atoms with Crippen LogP contribution in [0.5, 0.6) is 0 Å². The third-order valence-electron chi connectivity index (χ3n) is 2.01. The van der Waals surface area contributed by atoms with E-state index in [1.807, 2.05) is 13.0 Å². The molecule has 0 radical (unpaired) electrons. The van der Waals surface area contributed by atoms with Crippen LogP contribution < -0.4 is 10.6 Å². The highest BCUT2D eigenvalue weighted by Gasteiger charge is 2.08. The number of carbonyl (C=O) groups excluding carboxylic acids is 1. The Kier molecular flexibility index (Phi) is 3.96. The smallest absolute Gasteiger partial charge is 0.257 e. The Morgan fingerprint density at radius 2 is 2.00 bits per heavy atom. The normalized spacial score (nSPS) is 9.83. The van der Waals surface area contributed by atoms with Gasteiger partial charge in [-0.3, -0.25) is 10.1 Å². The van der Waals surface area contributed by atoms with Gasteiger partial charge >= 0.3 is 0 Å². The second-order valence-corrected chi connectivity index (χ2v) is 4.99. The Morgan fingerprint density at radius 3 is 2.61 bits per heavy atom. The summed E-state index contributed by atoms with van der Waals surface area (Å²) in [5.74, 6) is -0.255. The van der Waals surface area contributed by atoms with Crippen molar-refractivity contribution in [1.29, 1.82) is 0 Å². The van der Waals surface area contributed by atoms with Crippen molar-refractivity contribution in [3.8, 4) is 0 Å². The summed E-state index contributed by atoms with van der Waals surface area (Å²) in [6.07, 6.45) is 0. The SMILES string of the molecule is Cc1nnc(NC(=S)NC(=O)c2ccccc2)s1. The van der Waals surface area contributed by atoms with Crippen molar-refractivity contribution < 1.29 is 4.79 Å². The fourth-order valence-electron chi connectivity index (χ4n) is 1.24. The summed E-state index contributed by atoms with van der Waals surface area (Å²) in [4.78, 5) is 11.8. The van der Waals surface area contributed by atoms with E-state index in [0.717, 1.165) is 5.01 Å². The second-order valence-electron chi connectivity index (χ2n) is 3.40. The fourth-order valence-corrected chi connectivity index (χ4v) is 2.09. The van der Waals surface area contributed by atoms with Crippen LogP contribution in [0.15, 0.2) is 30.3 Å². The number of nitrogens with zero attached hydrogens (tertiary/aromatic N) is 2. The number of hydrogen-bond acceptors (Lipinski definition) is 5. The molecule has 2 rings (SSSR count). The minimum Gasteiger partial charge on any atom is -0.307 e. The van der Waals surface area contributed by atoms with Crippen LogP contribution in [0.2, 0.25) is 0 Å². The number of nitrogens with one attached hydrogen (secondary N) is 2. The predicted molar refractivity (Wildman–Crippen MR) is 74.8 cm³/mol. The van der Waals surface area contributed by atoms with Crippen LogP contribution >= 0.6 is 23.6 Å². The number of amides is 1. The number of rotatable bonds is 2. The maximum atomic E-state index is 11.8. The third kappa shape index (κ3) is 3.31. The lowest BCUT2D eigenvalue weighted by molar-refractivity contribution is 0.0978. The number of thiocarbonyl (C=S) groups is 1. The Bertz CT molecular complexity index is 567. The lowest BCUT2D eigenvalue weighted by atomic mass is 10.2. The highest BCUT2D eigenvalue weighted by atomic mass is 32.1. The Hall–Kier alpha value is -1.86. The monoisotopic (exact) mass is 278 g/mol. The van der Waals surface area contributed by atoms with Gasteiger partial charge in [0.25, 0.3) is 5.91 Å². The molecule has 0 fully saturated rings. The minimum absolute atomic E-state index is 0.208.